The van der Waals surface area contributed by atoms with Gasteiger partial charge >= 0.3 is 5.97 Å². The lowest BCUT2D eigenvalue weighted by Crippen LogP contribution is -2.36. The normalized spacial score (nSPS) is 20.1. The molecule has 1 atom stereocenters. The summed E-state index contributed by atoms with van der Waals surface area (Å²) in [6.45, 7) is 0.554. The molecule has 1 aliphatic heterocycles. The summed E-state index contributed by atoms with van der Waals surface area (Å²) >= 11 is 5.96. The number of halogens is 2. The second-order valence-corrected chi connectivity index (χ2v) is 9.22. The summed E-state index contributed by atoms with van der Waals surface area (Å²) in [5.41, 5.74) is -0.228. The molecule has 0 saturated carbocycles. The van der Waals surface area contributed by atoms with Gasteiger partial charge in [0.15, 0.2) is 5.78 Å². The zero-order chi connectivity index (χ0) is 21.0. The standard InChI is InChI=1S/C20H21ClFNO5S/c21-16-13-17(22)19(29(26,27)23-9-4-1-5-10-23)12-15(16)20(25)28-11-8-14-6-2-3-7-18(14)24/h2-3,6-7,12-14H,1,4-5,8-11H2. The topological polar surface area (TPSA) is 80.8 Å². The van der Waals surface area contributed by atoms with Gasteiger partial charge in [-0.15, -0.1) is 0 Å². The Kier molecular flexibility index (Phi) is 6.87. The summed E-state index contributed by atoms with van der Waals surface area (Å²) in [5, 5.41) is -0.235. The van der Waals surface area contributed by atoms with Gasteiger partial charge in [-0.1, -0.05) is 36.2 Å². The van der Waals surface area contributed by atoms with Crippen LogP contribution in [0.1, 0.15) is 36.0 Å². The first kappa shape index (κ1) is 21.7. The predicted molar refractivity (Wildman–Crippen MR) is 106 cm³/mol. The number of piperidine rings is 1. The molecule has 9 heteroatoms. The lowest BCUT2D eigenvalue weighted by molar-refractivity contribution is -0.117. The lowest BCUT2D eigenvalue weighted by atomic mass is 9.96. The Labute approximate surface area is 174 Å². The summed E-state index contributed by atoms with van der Waals surface area (Å²) in [6, 6.07) is 1.74. The third-order valence-corrected chi connectivity index (χ3v) is 7.14. The minimum Gasteiger partial charge on any atom is -0.462 e. The molecule has 1 fully saturated rings. The maximum atomic E-state index is 14.4. The number of carbonyl (C=O) groups is 2. The van der Waals surface area contributed by atoms with E-state index >= 15 is 0 Å². The van der Waals surface area contributed by atoms with E-state index in [1.165, 1.54) is 10.4 Å². The van der Waals surface area contributed by atoms with E-state index < -0.39 is 26.7 Å². The molecular weight excluding hydrogens is 421 g/mol. The highest BCUT2D eigenvalue weighted by Gasteiger charge is 2.30. The van der Waals surface area contributed by atoms with Crippen molar-refractivity contribution in [2.24, 2.45) is 5.92 Å². The van der Waals surface area contributed by atoms with Crippen molar-refractivity contribution in [2.45, 2.75) is 30.6 Å². The molecule has 2 aliphatic rings. The van der Waals surface area contributed by atoms with Crippen LogP contribution in [0.25, 0.3) is 0 Å². The quantitative estimate of drug-likeness (QED) is 0.631. The Morgan fingerprint density at radius 1 is 1.21 bits per heavy atom. The highest BCUT2D eigenvalue weighted by Crippen LogP contribution is 2.28. The number of carbonyl (C=O) groups excluding carboxylic acids is 2. The molecule has 1 unspecified atom stereocenters. The molecule has 0 radical (unpaired) electrons. The van der Waals surface area contributed by atoms with Crippen LogP contribution in [0.2, 0.25) is 5.02 Å². The van der Waals surface area contributed by atoms with E-state index in [9.17, 15) is 22.4 Å². The Bertz CT molecular complexity index is 967. The van der Waals surface area contributed by atoms with E-state index in [0.717, 1.165) is 18.6 Å². The molecule has 3 rings (SSSR count). The number of nitrogens with zero attached hydrogens (tertiary/aromatic N) is 1. The number of benzene rings is 1. The average molecular weight is 442 g/mol. The number of hydrogen-bond donors (Lipinski definition) is 0. The molecule has 1 aromatic carbocycles. The molecule has 1 heterocycles. The van der Waals surface area contributed by atoms with Crippen molar-refractivity contribution in [3.05, 3.63) is 52.8 Å². The van der Waals surface area contributed by atoms with Crippen LogP contribution in [0.15, 0.2) is 41.3 Å². The molecule has 1 aliphatic carbocycles. The van der Waals surface area contributed by atoms with E-state index in [1.54, 1.807) is 18.2 Å². The van der Waals surface area contributed by atoms with Crippen molar-refractivity contribution in [1.29, 1.82) is 0 Å². The van der Waals surface area contributed by atoms with Crippen LogP contribution in [-0.4, -0.2) is 44.2 Å². The molecule has 0 amide bonds. The van der Waals surface area contributed by atoms with E-state index in [-0.39, 0.29) is 35.3 Å². The number of ether oxygens (including phenoxy) is 1. The van der Waals surface area contributed by atoms with Crippen LogP contribution >= 0.6 is 11.6 Å². The van der Waals surface area contributed by atoms with Crippen LogP contribution in [-0.2, 0) is 19.6 Å². The third kappa shape index (κ3) is 4.94. The van der Waals surface area contributed by atoms with Crippen LogP contribution in [0.3, 0.4) is 0 Å². The maximum absolute atomic E-state index is 14.4. The van der Waals surface area contributed by atoms with Gasteiger partial charge in [0.1, 0.15) is 10.7 Å². The van der Waals surface area contributed by atoms with E-state index in [1.807, 2.05) is 0 Å². The molecule has 1 saturated heterocycles. The Hall–Kier alpha value is -2.03. The number of allylic oxidation sites excluding steroid dienone is 4. The van der Waals surface area contributed by atoms with Crippen molar-refractivity contribution in [3.63, 3.8) is 0 Å². The Morgan fingerprint density at radius 3 is 2.62 bits per heavy atom. The van der Waals surface area contributed by atoms with Crippen molar-refractivity contribution in [1.82, 2.24) is 4.31 Å². The summed E-state index contributed by atoms with van der Waals surface area (Å²) in [5.74, 6) is -2.35. The lowest BCUT2D eigenvalue weighted by Gasteiger charge is -2.26. The van der Waals surface area contributed by atoms with Crippen LogP contribution in [0.4, 0.5) is 4.39 Å². The van der Waals surface area contributed by atoms with Gasteiger partial charge in [-0.05, 0) is 37.5 Å². The Morgan fingerprint density at radius 2 is 1.93 bits per heavy atom. The second-order valence-electron chi connectivity index (χ2n) is 6.90. The number of hydrogen-bond acceptors (Lipinski definition) is 5. The third-order valence-electron chi connectivity index (χ3n) is 4.92. The van der Waals surface area contributed by atoms with E-state index in [2.05, 4.69) is 0 Å². The van der Waals surface area contributed by atoms with E-state index in [4.69, 9.17) is 16.3 Å². The number of ketones is 1. The molecule has 0 N–H and O–H groups in total. The summed E-state index contributed by atoms with van der Waals surface area (Å²) in [4.78, 5) is 23.5. The van der Waals surface area contributed by atoms with Gasteiger partial charge in [0.25, 0.3) is 0 Å². The summed E-state index contributed by atoms with van der Waals surface area (Å²) in [6.07, 6.45) is 9.13. The Balaban J connectivity index is 1.74. The van der Waals surface area contributed by atoms with Gasteiger partial charge in [0, 0.05) is 19.0 Å². The van der Waals surface area contributed by atoms with E-state index in [0.29, 0.717) is 25.9 Å². The highest BCUT2D eigenvalue weighted by atomic mass is 35.5. The van der Waals surface area contributed by atoms with Gasteiger partial charge < -0.3 is 4.74 Å². The molecule has 6 nitrogen and oxygen atoms in total. The SMILES string of the molecule is O=C(OCCC1C=CC=CC1=O)c1cc(S(=O)(=O)N2CCCCC2)c(F)cc1Cl. The summed E-state index contributed by atoms with van der Waals surface area (Å²) in [7, 11) is -4.08. The first-order chi connectivity index (χ1) is 13.8. The fourth-order valence-corrected chi connectivity index (χ4v) is 5.11. The van der Waals surface area contributed by atoms with Crippen LogP contribution in [0, 0.1) is 11.7 Å². The zero-order valence-corrected chi connectivity index (χ0v) is 17.2. The predicted octanol–water partition coefficient (Wildman–Crippen LogP) is 3.51. The van der Waals surface area contributed by atoms with Crippen LogP contribution in [0.5, 0.6) is 0 Å². The van der Waals surface area contributed by atoms with Crippen molar-refractivity contribution < 1.29 is 27.1 Å². The highest BCUT2D eigenvalue weighted by molar-refractivity contribution is 7.89. The molecule has 1 aromatic rings. The first-order valence-corrected chi connectivity index (χ1v) is 11.2. The largest absolute Gasteiger partial charge is 0.462 e. The fourth-order valence-electron chi connectivity index (χ4n) is 3.29. The van der Waals surface area contributed by atoms with Gasteiger partial charge in [0.05, 0.1) is 17.2 Å². The molecule has 0 bridgehead atoms. The maximum Gasteiger partial charge on any atom is 0.339 e. The van der Waals surface area contributed by atoms with Gasteiger partial charge in [-0.3, -0.25) is 4.79 Å². The number of esters is 1. The fraction of sp³-hybridized carbons (Fsp3) is 0.400. The van der Waals surface area contributed by atoms with Crippen molar-refractivity contribution in [3.8, 4) is 0 Å². The number of sulfonamides is 1. The van der Waals surface area contributed by atoms with Crippen LogP contribution < -0.4 is 0 Å². The zero-order valence-electron chi connectivity index (χ0n) is 15.6. The average Bonchev–Trinajstić information content (AvgIpc) is 2.70. The van der Waals surface area contributed by atoms with Gasteiger partial charge in [0.2, 0.25) is 10.0 Å². The second kappa shape index (κ2) is 9.19. The first-order valence-electron chi connectivity index (χ1n) is 9.36. The number of rotatable bonds is 6. The van der Waals surface area contributed by atoms with Crippen molar-refractivity contribution >= 4 is 33.4 Å². The monoisotopic (exact) mass is 441 g/mol. The van der Waals surface area contributed by atoms with Crippen molar-refractivity contribution in [2.75, 3.05) is 19.7 Å². The smallest absolute Gasteiger partial charge is 0.339 e. The van der Waals surface area contributed by atoms with Gasteiger partial charge in [-0.2, -0.15) is 4.31 Å². The summed E-state index contributed by atoms with van der Waals surface area (Å²) < 4.78 is 46.3. The molecule has 29 heavy (non-hydrogen) atoms. The molecule has 0 aromatic heterocycles. The minimum atomic E-state index is -4.08. The molecular formula is C20H21ClFNO5S. The molecule has 156 valence electrons. The molecule has 0 spiro atoms. The van der Waals surface area contributed by atoms with Gasteiger partial charge in [-0.25, -0.2) is 17.6 Å². The minimum absolute atomic E-state index is 0.0602.